The van der Waals surface area contributed by atoms with Gasteiger partial charge in [-0.15, -0.1) is 0 Å². The number of aromatic nitrogens is 1. The zero-order valence-corrected chi connectivity index (χ0v) is 13.7. The standard InChI is InChI=1S/C20H19NO3/c1-21-13-16(14-24-17-11-7-4-8-12-17)18(20(22)23-2)19(21)15-9-5-3-6-10-15/h3-13H,14H2,1-2H3. The van der Waals surface area contributed by atoms with Crippen LogP contribution in [-0.4, -0.2) is 17.6 Å². The second kappa shape index (κ2) is 7.04. The molecule has 1 aromatic heterocycles. The van der Waals surface area contributed by atoms with E-state index in [9.17, 15) is 4.79 Å². The van der Waals surface area contributed by atoms with Gasteiger partial charge in [0, 0.05) is 18.8 Å². The molecule has 0 N–H and O–H groups in total. The van der Waals surface area contributed by atoms with Gasteiger partial charge in [0.25, 0.3) is 0 Å². The maximum atomic E-state index is 12.4. The molecule has 3 rings (SSSR count). The number of methoxy groups -OCH3 is 1. The highest BCUT2D eigenvalue weighted by atomic mass is 16.5. The fourth-order valence-corrected chi connectivity index (χ4v) is 2.75. The average molecular weight is 321 g/mol. The third-order valence-corrected chi connectivity index (χ3v) is 3.83. The Hall–Kier alpha value is -3.01. The molecular formula is C20H19NO3. The molecule has 0 atom stereocenters. The number of rotatable bonds is 5. The van der Waals surface area contributed by atoms with Crippen LogP contribution in [0.2, 0.25) is 0 Å². The first kappa shape index (κ1) is 15.9. The van der Waals surface area contributed by atoms with Gasteiger partial charge in [-0.1, -0.05) is 48.5 Å². The van der Waals surface area contributed by atoms with Crippen LogP contribution >= 0.6 is 0 Å². The summed E-state index contributed by atoms with van der Waals surface area (Å²) in [5.41, 5.74) is 3.13. The molecule has 0 amide bonds. The first-order chi connectivity index (χ1) is 11.7. The van der Waals surface area contributed by atoms with Crippen molar-refractivity contribution >= 4 is 5.97 Å². The summed E-state index contributed by atoms with van der Waals surface area (Å²) in [5, 5.41) is 0. The molecule has 0 aliphatic carbocycles. The minimum atomic E-state index is -0.360. The van der Waals surface area contributed by atoms with Gasteiger partial charge in [0.2, 0.25) is 0 Å². The number of para-hydroxylation sites is 1. The zero-order chi connectivity index (χ0) is 16.9. The second-order valence-corrected chi connectivity index (χ2v) is 5.45. The molecule has 0 spiro atoms. The van der Waals surface area contributed by atoms with Crippen molar-refractivity contribution in [1.29, 1.82) is 0 Å². The van der Waals surface area contributed by atoms with Crippen LogP contribution in [0.5, 0.6) is 5.75 Å². The molecule has 3 aromatic rings. The summed E-state index contributed by atoms with van der Waals surface area (Å²) >= 11 is 0. The molecule has 1 heterocycles. The Balaban J connectivity index is 1.99. The Bertz CT molecular complexity index is 823. The Morgan fingerprint density at radius 2 is 1.62 bits per heavy atom. The van der Waals surface area contributed by atoms with Crippen LogP contribution in [0.4, 0.5) is 0 Å². The van der Waals surface area contributed by atoms with Gasteiger partial charge in [-0.2, -0.15) is 0 Å². The highest BCUT2D eigenvalue weighted by molar-refractivity contribution is 5.98. The van der Waals surface area contributed by atoms with Crippen molar-refractivity contribution in [2.75, 3.05) is 7.11 Å². The van der Waals surface area contributed by atoms with Crippen molar-refractivity contribution < 1.29 is 14.3 Å². The van der Waals surface area contributed by atoms with Crippen molar-refractivity contribution in [3.05, 3.63) is 78.0 Å². The minimum absolute atomic E-state index is 0.301. The molecule has 0 aliphatic heterocycles. The van der Waals surface area contributed by atoms with E-state index in [0.717, 1.165) is 22.6 Å². The van der Waals surface area contributed by atoms with Crippen molar-refractivity contribution in [3.63, 3.8) is 0 Å². The number of benzene rings is 2. The summed E-state index contributed by atoms with van der Waals surface area (Å²) < 4.78 is 12.7. The summed E-state index contributed by atoms with van der Waals surface area (Å²) in [4.78, 5) is 12.4. The van der Waals surface area contributed by atoms with E-state index >= 15 is 0 Å². The highest BCUT2D eigenvalue weighted by Crippen LogP contribution is 2.29. The van der Waals surface area contributed by atoms with Crippen molar-refractivity contribution in [2.24, 2.45) is 7.05 Å². The molecule has 122 valence electrons. The quantitative estimate of drug-likeness (QED) is 0.665. The van der Waals surface area contributed by atoms with Gasteiger partial charge in [-0.25, -0.2) is 4.79 Å². The molecule has 0 unspecified atom stereocenters. The molecule has 24 heavy (non-hydrogen) atoms. The molecule has 0 bridgehead atoms. The Labute approximate surface area is 141 Å². The lowest BCUT2D eigenvalue weighted by Gasteiger charge is -2.09. The van der Waals surface area contributed by atoms with E-state index in [0.29, 0.717) is 12.2 Å². The third-order valence-electron chi connectivity index (χ3n) is 3.83. The van der Waals surface area contributed by atoms with Crippen LogP contribution in [0.15, 0.2) is 66.9 Å². The van der Waals surface area contributed by atoms with Crippen molar-refractivity contribution in [3.8, 4) is 17.0 Å². The monoisotopic (exact) mass is 321 g/mol. The number of hydrogen-bond acceptors (Lipinski definition) is 3. The second-order valence-electron chi connectivity index (χ2n) is 5.45. The van der Waals surface area contributed by atoms with Gasteiger partial charge in [-0.3, -0.25) is 0 Å². The summed E-state index contributed by atoms with van der Waals surface area (Å²) in [6, 6.07) is 19.3. The Morgan fingerprint density at radius 1 is 1.00 bits per heavy atom. The van der Waals surface area contributed by atoms with Crippen LogP contribution in [-0.2, 0) is 18.4 Å². The van der Waals surface area contributed by atoms with Gasteiger partial charge < -0.3 is 14.0 Å². The number of ether oxygens (including phenoxy) is 2. The zero-order valence-electron chi connectivity index (χ0n) is 13.7. The number of hydrogen-bond donors (Lipinski definition) is 0. The number of carbonyl (C=O) groups is 1. The first-order valence-electron chi connectivity index (χ1n) is 7.70. The lowest BCUT2D eigenvalue weighted by atomic mass is 10.1. The number of esters is 1. The van der Waals surface area contributed by atoms with Gasteiger partial charge in [0.15, 0.2) is 0 Å². The molecule has 0 fully saturated rings. The normalized spacial score (nSPS) is 10.4. The van der Waals surface area contributed by atoms with E-state index in [4.69, 9.17) is 9.47 Å². The molecular weight excluding hydrogens is 302 g/mol. The van der Waals surface area contributed by atoms with Crippen molar-refractivity contribution in [1.82, 2.24) is 4.57 Å². The van der Waals surface area contributed by atoms with Crippen LogP contribution in [0.1, 0.15) is 15.9 Å². The van der Waals surface area contributed by atoms with Gasteiger partial charge in [0.05, 0.1) is 18.4 Å². The van der Waals surface area contributed by atoms with Crippen LogP contribution in [0, 0.1) is 0 Å². The first-order valence-corrected chi connectivity index (χ1v) is 7.70. The SMILES string of the molecule is COC(=O)c1c(COc2ccccc2)cn(C)c1-c1ccccc1. The third kappa shape index (κ3) is 3.18. The molecule has 4 heteroatoms. The van der Waals surface area contributed by atoms with Gasteiger partial charge in [0.1, 0.15) is 12.4 Å². The summed E-state index contributed by atoms with van der Waals surface area (Å²) in [6.45, 7) is 0.301. The van der Waals surface area contributed by atoms with E-state index in [1.54, 1.807) is 0 Å². The lowest BCUT2D eigenvalue weighted by molar-refractivity contribution is 0.0599. The fraction of sp³-hybridized carbons (Fsp3) is 0.150. The number of aryl methyl sites for hydroxylation is 1. The lowest BCUT2D eigenvalue weighted by Crippen LogP contribution is -2.07. The molecule has 0 radical (unpaired) electrons. The molecule has 0 aliphatic rings. The minimum Gasteiger partial charge on any atom is -0.489 e. The fourth-order valence-electron chi connectivity index (χ4n) is 2.75. The van der Waals surface area contributed by atoms with Crippen molar-refractivity contribution in [2.45, 2.75) is 6.61 Å². The van der Waals surface area contributed by atoms with Gasteiger partial charge >= 0.3 is 5.97 Å². The average Bonchev–Trinajstić information content (AvgIpc) is 2.97. The van der Waals surface area contributed by atoms with E-state index in [1.807, 2.05) is 78.5 Å². The highest BCUT2D eigenvalue weighted by Gasteiger charge is 2.22. The topological polar surface area (TPSA) is 40.5 Å². The summed E-state index contributed by atoms with van der Waals surface area (Å²) in [6.07, 6.45) is 1.91. The summed E-state index contributed by atoms with van der Waals surface area (Å²) in [7, 11) is 3.31. The maximum Gasteiger partial charge on any atom is 0.340 e. The van der Waals surface area contributed by atoms with E-state index < -0.39 is 0 Å². The summed E-state index contributed by atoms with van der Waals surface area (Å²) in [5.74, 6) is 0.402. The molecule has 2 aromatic carbocycles. The Morgan fingerprint density at radius 3 is 2.25 bits per heavy atom. The van der Waals surface area contributed by atoms with E-state index in [1.165, 1.54) is 7.11 Å². The van der Waals surface area contributed by atoms with E-state index in [2.05, 4.69) is 0 Å². The van der Waals surface area contributed by atoms with E-state index in [-0.39, 0.29) is 5.97 Å². The predicted octanol–water partition coefficient (Wildman–Crippen LogP) is 4.06. The Kier molecular flexibility index (Phi) is 4.66. The maximum absolute atomic E-state index is 12.4. The molecule has 0 saturated heterocycles. The molecule has 0 saturated carbocycles. The predicted molar refractivity (Wildman–Crippen MR) is 93.0 cm³/mol. The molecule has 4 nitrogen and oxygen atoms in total. The van der Waals surface area contributed by atoms with Crippen LogP contribution in [0.3, 0.4) is 0 Å². The number of carbonyl (C=O) groups excluding carboxylic acids is 1. The largest absolute Gasteiger partial charge is 0.489 e. The van der Waals surface area contributed by atoms with Gasteiger partial charge in [-0.05, 0) is 17.7 Å². The van der Waals surface area contributed by atoms with Crippen LogP contribution in [0.25, 0.3) is 11.3 Å². The number of nitrogens with zero attached hydrogens (tertiary/aromatic N) is 1. The van der Waals surface area contributed by atoms with Crippen LogP contribution < -0.4 is 4.74 Å². The smallest absolute Gasteiger partial charge is 0.340 e.